The predicted molar refractivity (Wildman–Crippen MR) is 45.0 cm³/mol. The minimum atomic E-state index is 0.404. The predicted octanol–water partition coefficient (Wildman–Crippen LogP) is 2.14. The van der Waals surface area contributed by atoms with Gasteiger partial charge in [0.15, 0.2) is 0 Å². The SMILES string of the molecule is CC1CC1c1ccc(CC=O)o1. The fourth-order valence-electron chi connectivity index (χ4n) is 1.50. The highest BCUT2D eigenvalue weighted by atomic mass is 16.3. The lowest BCUT2D eigenvalue weighted by Crippen LogP contribution is -1.80. The number of rotatable bonds is 3. The summed E-state index contributed by atoms with van der Waals surface area (Å²) in [6.07, 6.45) is 2.51. The maximum Gasteiger partial charge on any atom is 0.127 e. The van der Waals surface area contributed by atoms with Crippen LogP contribution in [0.15, 0.2) is 16.5 Å². The van der Waals surface area contributed by atoms with Crippen LogP contribution in [0.4, 0.5) is 0 Å². The lowest BCUT2D eigenvalue weighted by Gasteiger charge is -1.90. The molecule has 1 aromatic heterocycles. The van der Waals surface area contributed by atoms with E-state index >= 15 is 0 Å². The Labute approximate surface area is 71.6 Å². The average molecular weight is 164 g/mol. The van der Waals surface area contributed by atoms with Crippen LogP contribution in [0.2, 0.25) is 0 Å². The van der Waals surface area contributed by atoms with Gasteiger partial charge in [0.2, 0.25) is 0 Å². The van der Waals surface area contributed by atoms with Gasteiger partial charge in [-0.05, 0) is 24.5 Å². The molecule has 1 aromatic rings. The molecule has 2 unspecified atom stereocenters. The van der Waals surface area contributed by atoms with Gasteiger partial charge < -0.3 is 9.21 Å². The first-order valence-electron chi connectivity index (χ1n) is 4.33. The number of hydrogen-bond donors (Lipinski definition) is 0. The Morgan fingerprint density at radius 2 is 2.42 bits per heavy atom. The lowest BCUT2D eigenvalue weighted by atomic mass is 10.3. The molecule has 0 bridgehead atoms. The van der Waals surface area contributed by atoms with Crippen molar-refractivity contribution < 1.29 is 9.21 Å². The number of hydrogen-bond acceptors (Lipinski definition) is 2. The Hall–Kier alpha value is -1.05. The largest absolute Gasteiger partial charge is 0.465 e. The summed E-state index contributed by atoms with van der Waals surface area (Å²) in [5.74, 6) is 3.23. The van der Waals surface area contributed by atoms with Crippen molar-refractivity contribution in [2.24, 2.45) is 5.92 Å². The first-order chi connectivity index (χ1) is 5.81. The molecule has 0 spiro atoms. The molecule has 0 amide bonds. The number of aldehydes is 1. The summed E-state index contributed by atoms with van der Waals surface area (Å²) in [7, 11) is 0. The van der Waals surface area contributed by atoms with E-state index in [-0.39, 0.29) is 0 Å². The van der Waals surface area contributed by atoms with Crippen LogP contribution in [0.3, 0.4) is 0 Å². The van der Waals surface area contributed by atoms with Gasteiger partial charge in [-0.1, -0.05) is 6.92 Å². The van der Waals surface area contributed by atoms with E-state index in [0.29, 0.717) is 12.3 Å². The fourth-order valence-corrected chi connectivity index (χ4v) is 1.50. The van der Waals surface area contributed by atoms with Gasteiger partial charge in [0.05, 0.1) is 6.42 Å². The van der Waals surface area contributed by atoms with Gasteiger partial charge in [0, 0.05) is 5.92 Å². The molecule has 0 aromatic carbocycles. The molecule has 2 atom stereocenters. The summed E-state index contributed by atoms with van der Waals surface area (Å²) >= 11 is 0. The van der Waals surface area contributed by atoms with Gasteiger partial charge in [-0.2, -0.15) is 0 Å². The molecule has 2 heteroatoms. The van der Waals surface area contributed by atoms with Gasteiger partial charge in [-0.15, -0.1) is 0 Å². The van der Waals surface area contributed by atoms with Gasteiger partial charge in [0.1, 0.15) is 17.8 Å². The van der Waals surface area contributed by atoms with Crippen LogP contribution in [-0.2, 0) is 11.2 Å². The summed E-state index contributed by atoms with van der Waals surface area (Å²) in [5, 5.41) is 0. The van der Waals surface area contributed by atoms with Crippen LogP contribution >= 0.6 is 0 Å². The molecule has 64 valence electrons. The molecule has 1 aliphatic rings. The van der Waals surface area contributed by atoms with Crippen molar-refractivity contribution in [3.05, 3.63) is 23.7 Å². The molecule has 12 heavy (non-hydrogen) atoms. The Morgan fingerprint density at radius 3 is 3.00 bits per heavy atom. The zero-order valence-corrected chi connectivity index (χ0v) is 7.12. The average Bonchev–Trinajstić information content (AvgIpc) is 2.62. The van der Waals surface area contributed by atoms with Crippen molar-refractivity contribution in [3.8, 4) is 0 Å². The molecule has 0 saturated heterocycles. The van der Waals surface area contributed by atoms with E-state index in [9.17, 15) is 4.79 Å². The minimum absolute atomic E-state index is 0.404. The number of carbonyl (C=O) groups is 1. The highest BCUT2D eigenvalue weighted by molar-refractivity contribution is 5.53. The van der Waals surface area contributed by atoms with E-state index in [1.54, 1.807) is 0 Å². The third-order valence-electron chi connectivity index (χ3n) is 2.44. The summed E-state index contributed by atoms with van der Waals surface area (Å²) in [6, 6.07) is 3.89. The van der Waals surface area contributed by atoms with Crippen LogP contribution < -0.4 is 0 Å². The minimum Gasteiger partial charge on any atom is -0.465 e. The third kappa shape index (κ3) is 1.29. The Balaban J connectivity index is 2.08. The molecule has 0 N–H and O–H groups in total. The smallest absolute Gasteiger partial charge is 0.127 e. The third-order valence-corrected chi connectivity index (χ3v) is 2.44. The topological polar surface area (TPSA) is 30.2 Å². The van der Waals surface area contributed by atoms with E-state index in [0.717, 1.165) is 23.7 Å². The van der Waals surface area contributed by atoms with E-state index in [1.165, 1.54) is 6.42 Å². The highest BCUT2D eigenvalue weighted by Crippen LogP contribution is 2.47. The van der Waals surface area contributed by atoms with Crippen molar-refractivity contribution in [3.63, 3.8) is 0 Å². The second-order valence-corrected chi connectivity index (χ2v) is 3.49. The Bertz CT molecular complexity index is 288. The molecular formula is C10H12O2. The van der Waals surface area contributed by atoms with Crippen molar-refractivity contribution in [2.75, 3.05) is 0 Å². The monoisotopic (exact) mass is 164 g/mol. The van der Waals surface area contributed by atoms with Gasteiger partial charge >= 0.3 is 0 Å². The Morgan fingerprint density at radius 1 is 1.67 bits per heavy atom. The van der Waals surface area contributed by atoms with Crippen LogP contribution in [0, 0.1) is 5.92 Å². The fraction of sp³-hybridized carbons (Fsp3) is 0.500. The molecule has 1 aliphatic carbocycles. The molecule has 1 heterocycles. The van der Waals surface area contributed by atoms with Crippen LogP contribution in [0.5, 0.6) is 0 Å². The van der Waals surface area contributed by atoms with E-state index in [4.69, 9.17) is 4.42 Å². The number of carbonyl (C=O) groups excluding carboxylic acids is 1. The summed E-state index contributed by atoms with van der Waals surface area (Å²) < 4.78 is 5.49. The highest BCUT2D eigenvalue weighted by Gasteiger charge is 2.36. The van der Waals surface area contributed by atoms with Crippen molar-refractivity contribution in [1.82, 2.24) is 0 Å². The molecule has 1 fully saturated rings. The maximum atomic E-state index is 10.2. The van der Waals surface area contributed by atoms with Gasteiger partial charge in [-0.3, -0.25) is 0 Å². The Kier molecular flexibility index (Phi) is 1.75. The van der Waals surface area contributed by atoms with E-state index < -0.39 is 0 Å². The molecule has 1 saturated carbocycles. The van der Waals surface area contributed by atoms with Crippen LogP contribution in [-0.4, -0.2) is 6.29 Å². The summed E-state index contributed by atoms with van der Waals surface area (Å²) in [6.45, 7) is 2.21. The van der Waals surface area contributed by atoms with Gasteiger partial charge in [-0.25, -0.2) is 0 Å². The molecular weight excluding hydrogens is 152 g/mol. The second-order valence-electron chi connectivity index (χ2n) is 3.49. The zero-order valence-electron chi connectivity index (χ0n) is 7.12. The first-order valence-corrected chi connectivity index (χ1v) is 4.33. The molecule has 0 aliphatic heterocycles. The van der Waals surface area contributed by atoms with Crippen molar-refractivity contribution in [1.29, 1.82) is 0 Å². The molecule has 2 rings (SSSR count). The second kappa shape index (κ2) is 2.77. The van der Waals surface area contributed by atoms with Crippen molar-refractivity contribution >= 4 is 6.29 Å². The normalized spacial score (nSPS) is 27.1. The van der Waals surface area contributed by atoms with Gasteiger partial charge in [0.25, 0.3) is 0 Å². The quantitative estimate of drug-likeness (QED) is 0.641. The first kappa shape index (κ1) is 7.59. The molecule has 2 nitrogen and oxygen atoms in total. The zero-order chi connectivity index (χ0) is 8.55. The maximum absolute atomic E-state index is 10.2. The summed E-state index contributed by atoms with van der Waals surface area (Å²) in [5.41, 5.74) is 0. The van der Waals surface area contributed by atoms with Crippen LogP contribution in [0.1, 0.15) is 30.8 Å². The summed E-state index contributed by atoms with van der Waals surface area (Å²) in [4.78, 5) is 10.2. The van der Waals surface area contributed by atoms with Crippen molar-refractivity contribution in [2.45, 2.75) is 25.7 Å². The lowest BCUT2D eigenvalue weighted by molar-refractivity contribution is -0.107. The van der Waals surface area contributed by atoms with E-state index in [1.807, 2.05) is 12.1 Å². The number of furan rings is 1. The standard InChI is InChI=1S/C10H12O2/c1-7-6-9(7)10-3-2-8(12-10)4-5-11/h2-3,5,7,9H,4,6H2,1H3. The van der Waals surface area contributed by atoms with E-state index in [2.05, 4.69) is 6.92 Å². The molecule has 0 radical (unpaired) electrons. The van der Waals surface area contributed by atoms with Crippen LogP contribution in [0.25, 0.3) is 0 Å².